The van der Waals surface area contributed by atoms with Gasteiger partial charge in [0.05, 0.1) is 15.8 Å². The second-order valence-electron chi connectivity index (χ2n) is 5.00. The molecule has 22 heavy (non-hydrogen) atoms. The van der Waals surface area contributed by atoms with Crippen LogP contribution in [-0.2, 0) is 15.8 Å². The Hall–Kier alpha value is -1.07. The number of nitrogens with one attached hydrogen (secondary N) is 1. The Kier molecular flexibility index (Phi) is 5.87. The standard InChI is InChI=1S/C16H17Cl2NO2S/c1-2-16(13-6-4-3-5-7-13)19-22(20,21)11-12-8-9-14(17)15(18)10-12/h3-10,16,19H,2,11H2,1H3/t16-/m1/s1. The minimum Gasteiger partial charge on any atom is -0.212 e. The van der Waals surface area contributed by atoms with Gasteiger partial charge in [0.1, 0.15) is 0 Å². The lowest BCUT2D eigenvalue weighted by molar-refractivity contribution is 0.549. The van der Waals surface area contributed by atoms with Crippen LogP contribution in [0.3, 0.4) is 0 Å². The highest BCUT2D eigenvalue weighted by Gasteiger charge is 2.19. The summed E-state index contributed by atoms with van der Waals surface area (Å²) in [5, 5.41) is 0.760. The Morgan fingerprint density at radius 3 is 2.32 bits per heavy atom. The van der Waals surface area contributed by atoms with Crippen LogP contribution in [0, 0.1) is 0 Å². The summed E-state index contributed by atoms with van der Waals surface area (Å²) in [7, 11) is -3.48. The maximum Gasteiger partial charge on any atom is 0.216 e. The largest absolute Gasteiger partial charge is 0.216 e. The maximum atomic E-state index is 12.4. The minimum absolute atomic E-state index is 0.132. The molecule has 2 rings (SSSR count). The number of sulfonamides is 1. The van der Waals surface area contributed by atoms with Crippen molar-refractivity contribution < 1.29 is 8.42 Å². The summed E-state index contributed by atoms with van der Waals surface area (Å²) in [6.45, 7) is 1.94. The fourth-order valence-electron chi connectivity index (χ4n) is 2.18. The van der Waals surface area contributed by atoms with Gasteiger partial charge in [-0.25, -0.2) is 13.1 Å². The number of benzene rings is 2. The van der Waals surface area contributed by atoms with E-state index in [-0.39, 0.29) is 11.8 Å². The number of halogens is 2. The van der Waals surface area contributed by atoms with Gasteiger partial charge >= 0.3 is 0 Å². The van der Waals surface area contributed by atoms with Crippen LogP contribution in [0.4, 0.5) is 0 Å². The third-order valence-electron chi connectivity index (χ3n) is 3.27. The first-order valence-electron chi connectivity index (χ1n) is 6.90. The summed E-state index contributed by atoms with van der Waals surface area (Å²) >= 11 is 11.8. The van der Waals surface area contributed by atoms with Crippen molar-refractivity contribution in [1.29, 1.82) is 0 Å². The van der Waals surface area contributed by atoms with Gasteiger partial charge in [0.15, 0.2) is 0 Å². The average Bonchev–Trinajstić information content (AvgIpc) is 2.49. The molecule has 1 atom stereocenters. The van der Waals surface area contributed by atoms with Crippen LogP contribution in [0.1, 0.15) is 30.5 Å². The van der Waals surface area contributed by atoms with Gasteiger partial charge in [0.2, 0.25) is 10.0 Å². The third-order valence-corrected chi connectivity index (χ3v) is 5.37. The van der Waals surface area contributed by atoms with Crippen molar-refractivity contribution in [2.45, 2.75) is 25.1 Å². The van der Waals surface area contributed by atoms with Crippen LogP contribution in [0.5, 0.6) is 0 Å². The van der Waals surface area contributed by atoms with Gasteiger partial charge in [-0.15, -0.1) is 0 Å². The predicted octanol–water partition coefficient (Wildman–Crippen LogP) is 4.56. The molecule has 0 radical (unpaired) electrons. The van der Waals surface area contributed by atoms with Crippen molar-refractivity contribution in [3.05, 3.63) is 69.7 Å². The molecule has 0 saturated carbocycles. The lowest BCUT2D eigenvalue weighted by atomic mass is 10.1. The highest BCUT2D eigenvalue weighted by atomic mass is 35.5. The van der Waals surface area contributed by atoms with E-state index in [1.165, 1.54) is 0 Å². The lowest BCUT2D eigenvalue weighted by Crippen LogP contribution is -2.29. The first-order chi connectivity index (χ1) is 10.4. The van der Waals surface area contributed by atoms with E-state index in [0.717, 1.165) is 5.56 Å². The molecule has 2 aromatic carbocycles. The third kappa shape index (κ3) is 4.71. The smallest absolute Gasteiger partial charge is 0.212 e. The topological polar surface area (TPSA) is 46.2 Å². The van der Waals surface area contributed by atoms with Gasteiger partial charge in [0.25, 0.3) is 0 Å². The zero-order valence-corrected chi connectivity index (χ0v) is 14.4. The SMILES string of the molecule is CC[C@@H](NS(=O)(=O)Cc1ccc(Cl)c(Cl)c1)c1ccccc1. The van der Waals surface area contributed by atoms with E-state index in [4.69, 9.17) is 23.2 Å². The molecule has 3 nitrogen and oxygen atoms in total. The van der Waals surface area contributed by atoms with E-state index in [1.807, 2.05) is 37.3 Å². The summed E-state index contributed by atoms with van der Waals surface area (Å²) < 4.78 is 27.4. The molecule has 0 aliphatic carbocycles. The molecule has 1 N–H and O–H groups in total. The number of hydrogen-bond acceptors (Lipinski definition) is 2. The highest BCUT2D eigenvalue weighted by molar-refractivity contribution is 7.88. The molecule has 118 valence electrons. The first-order valence-corrected chi connectivity index (χ1v) is 9.31. The Bertz CT molecular complexity index is 733. The molecule has 0 aliphatic rings. The summed E-state index contributed by atoms with van der Waals surface area (Å²) in [6.07, 6.45) is 0.671. The number of rotatable bonds is 6. The Labute approximate surface area is 141 Å². The van der Waals surface area contributed by atoms with Gasteiger partial charge < -0.3 is 0 Å². The number of hydrogen-bond donors (Lipinski definition) is 1. The van der Waals surface area contributed by atoms with E-state index in [2.05, 4.69) is 4.72 Å². The molecular formula is C16H17Cl2NO2S. The lowest BCUT2D eigenvalue weighted by Gasteiger charge is -2.17. The second-order valence-corrected chi connectivity index (χ2v) is 7.57. The van der Waals surface area contributed by atoms with Crippen molar-refractivity contribution >= 4 is 33.2 Å². The molecule has 0 spiro atoms. The summed E-state index contributed by atoms with van der Waals surface area (Å²) in [6, 6.07) is 14.1. The van der Waals surface area contributed by atoms with Gasteiger partial charge in [-0.3, -0.25) is 0 Å². The molecule has 0 unspecified atom stereocenters. The molecule has 0 fully saturated rings. The van der Waals surface area contributed by atoms with E-state index >= 15 is 0 Å². The van der Waals surface area contributed by atoms with Crippen LogP contribution < -0.4 is 4.72 Å². The van der Waals surface area contributed by atoms with Crippen molar-refractivity contribution in [2.75, 3.05) is 0 Å². The quantitative estimate of drug-likeness (QED) is 0.823. The second kappa shape index (κ2) is 7.47. The summed E-state index contributed by atoms with van der Waals surface area (Å²) in [5.74, 6) is -0.132. The molecule has 6 heteroatoms. The zero-order valence-electron chi connectivity index (χ0n) is 12.1. The van der Waals surface area contributed by atoms with E-state index in [9.17, 15) is 8.42 Å². The van der Waals surface area contributed by atoms with Gasteiger partial charge in [-0.1, -0.05) is 66.5 Å². The molecule has 0 amide bonds. The van der Waals surface area contributed by atoms with Gasteiger partial charge in [-0.05, 0) is 29.7 Å². The molecule has 0 saturated heterocycles. The summed E-state index contributed by atoms with van der Waals surface area (Å²) in [4.78, 5) is 0. The normalized spacial score (nSPS) is 13.0. The van der Waals surface area contributed by atoms with E-state index in [0.29, 0.717) is 22.0 Å². The van der Waals surface area contributed by atoms with Crippen molar-refractivity contribution in [2.24, 2.45) is 0 Å². The average molecular weight is 358 g/mol. The molecule has 2 aromatic rings. The predicted molar refractivity (Wildman–Crippen MR) is 91.7 cm³/mol. The van der Waals surface area contributed by atoms with Crippen LogP contribution in [0.25, 0.3) is 0 Å². The van der Waals surface area contributed by atoms with Crippen molar-refractivity contribution in [3.63, 3.8) is 0 Å². The van der Waals surface area contributed by atoms with Crippen molar-refractivity contribution in [3.8, 4) is 0 Å². The minimum atomic E-state index is -3.48. The van der Waals surface area contributed by atoms with Crippen LogP contribution in [0.15, 0.2) is 48.5 Å². The van der Waals surface area contributed by atoms with Crippen LogP contribution >= 0.6 is 23.2 Å². The fraction of sp³-hybridized carbons (Fsp3) is 0.250. The molecule has 0 aromatic heterocycles. The molecule has 0 aliphatic heterocycles. The molecular weight excluding hydrogens is 341 g/mol. The van der Waals surface area contributed by atoms with Crippen LogP contribution in [-0.4, -0.2) is 8.42 Å². The molecule has 0 heterocycles. The maximum absolute atomic E-state index is 12.4. The molecule has 0 bridgehead atoms. The van der Waals surface area contributed by atoms with E-state index < -0.39 is 10.0 Å². The monoisotopic (exact) mass is 357 g/mol. The fourth-order valence-corrected chi connectivity index (χ4v) is 3.94. The van der Waals surface area contributed by atoms with Gasteiger partial charge in [0, 0.05) is 6.04 Å². The zero-order chi connectivity index (χ0) is 16.2. The van der Waals surface area contributed by atoms with Crippen molar-refractivity contribution in [1.82, 2.24) is 4.72 Å². The van der Waals surface area contributed by atoms with Gasteiger partial charge in [-0.2, -0.15) is 0 Å². The van der Waals surface area contributed by atoms with Crippen LogP contribution in [0.2, 0.25) is 10.0 Å². The van der Waals surface area contributed by atoms with E-state index in [1.54, 1.807) is 18.2 Å². The Morgan fingerprint density at radius 1 is 1.05 bits per heavy atom. The summed E-state index contributed by atoms with van der Waals surface area (Å²) in [5.41, 5.74) is 1.55. The highest BCUT2D eigenvalue weighted by Crippen LogP contribution is 2.24. The Balaban J connectivity index is 2.14. The first kappa shape index (κ1) is 17.3. The Morgan fingerprint density at radius 2 is 1.73 bits per heavy atom.